The summed E-state index contributed by atoms with van der Waals surface area (Å²) in [5, 5.41) is 14.7. The molecule has 0 radical (unpaired) electrons. The first-order valence-corrected chi connectivity index (χ1v) is 11.0. The van der Waals surface area contributed by atoms with Gasteiger partial charge in [0.15, 0.2) is 11.5 Å². The molecule has 6 nitrogen and oxygen atoms in total. The normalized spacial score (nSPS) is 11.9. The molecule has 4 rings (SSSR count). The lowest BCUT2D eigenvalue weighted by atomic mass is 10.0. The van der Waals surface area contributed by atoms with Crippen molar-refractivity contribution < 1.29 is 19.4 Å². The Balaban J connectivity index is 1.49. The van der Waals surface area contributed by atoms with E-state index in [0.717, 1.165) is 27.6 Å². The number of carbonyl (C=O) groups is 1. The molecule has 3 N–H and O–H groups in total. The zero-order valence-electron chi connectivity index (χ0n) is 18.2. The fourth-order valence-corrected chi connectivity index (χ4v) is 3.89. The number of aromatic amines is 1. The van der Waals surface area contributed by atoms with Gasteiger partial charge in [-0.1, -0.05) is 54.1 Å². The van der Waals surface area contributed by atoms with Gasteiger partial charge in [0, 0.05) is 40.7 Å². The summed E-state index contributed by atoms with van der Waals surface area (Å²) in [6.07, 6.45) is 2.22. The first-order chi connectivity index (χ1) is 16.0. The number of rotatable bonds is 10. The molecule has 1 aromatic heterocycles. The molecule has 7 heteroatoms. The Labute approximate surface area is 197 Å². The van der Waals surface area contributed by atoms with Crippen molar-refractivity contribution in [2.45, 2.75) is 25.6 Å². The smallest absolute Gasteiger partial charge is 0.321 e. The van der Waals surface area contributed by atoms with Crippen LogP contribution in [0.4, 0.5) is 0 Å². The lowest BCUT2D eigenvalue weighted by Gasteiger charge is -2.18. The van der Waals surface area contributed by atoms with Gasteiger partial charge in [-0.3, -0.25) is 10.1 Å². The number of ether oxygens (including phenoxy) is 2. The quantitative estimate of drug-likeness (QED) is 0.300. The predicted molar refractivity (Wildman–Crippen MR) is 129 cm³/mol. The standard InChI is InChI=1S/C26H25ClN2O4/c1-32-24-8-4-5-18(25(24)33-16-17-9-11-20(27)12-10-17)14-29-23(26(30)31)13-19-15-28-22-7-3-2-6-21(19)22/h2-12,15,23,28-29H,13-14,16H2,1H3,(H,30,31)/t23-/m1/s1. The summed E-state index contributed by atoms with van der Waals surface area (Å²) in [6, 6.07) is 20.1. The molecule has 0 unspecified atom stereocenters. The number of aromatic nitrogens is 1. The molecule has 0 aliphatic carbocycles. The molecule has 0 bridgehead atoms. The van der Waals surface area contributed by atoms with Gasteiger partial charge in [0.25, 0.3) is 0 Å². The largest absolute Gasteiger partial charge is 0.493 e. The number of hydrogen-bond acceptors (Lipinski definition) is 4. The summed E-state index contributed by atoms with van der Waals surface area (Å²) in [5.41, 5.74) is 3.72. The Morgan fingerprint density at radius 2 is 1.85 bits per heavy atom. The number of carboxylic acid groups (broad SMARTS) is 1. The Bertz CT molecular complexity index is 1240. The lowest BCUT2D eigenvalue weighted by Crippen LogP contribution is -2.38. The minimum Gasteiger partial charge on any atom is -0.493 e. The van der Waals surface area contributed by atoms with Crippen molar-refractivity contribution in [1.29, 1.82) is 0 Å². The van der Waals surface area contributed by atoms with Crippen LogP contribution in [0.3, 0.4) is 0 Å². The van der Waals surface area contributed by atoms with E-state index in [1.807, 2.05) is 72.9 Å². The molecule has 33 heavy (non-hydrogen) atoms. The van der Waals surface area contributed by atoms with Gasteiger partial charge < -0.3 is 19.6 Å². The monoisotopic (exact) mass is 464 g/mol. The molecule has 3 aromatic carbocycles. The number of methoxy groups -OCH3 is 1. The van der Waals surface area contributed by atoms with Crippen molar-refractivity contribution in [2.75, 3.05) is 7.11 Å². The van der Waals surface area contributed by atoms with Crippen molar-refractivity contribution in [3.8, 4) is 11.5 Å². The van der Waals surface area contributed by atoms with E-state index in [9.17, 15) is 9.90 Å². The Morgan fingerprint density at radius 1 is 1.06 bits per heavy atom. The molecular formula is C26H25ClN2O4. The summed E-state index contributed by atoms with van der Waals surface area (Å²) in [4.78, 5) is 15.2. The first kappa shape index (κ1) is 22.7. The number of para-hydroxylation sites is 2. The van der Waals surface area contributed by atoms with Crippen LogP contribution in [0, 0.1) is 0 Å². The molecule has 0 aliphatic rings. The highest BCUT2D eigenvalue weighted by atomic mass is 35.5. The molecule has 4 aromatic rings. The number of nitrogens with one attached hydrogen (secondary N) is 2. The summed E-state index contributed by atoms with van der Waals surface area (Å²) in [7, 11) is 1.58. The van der Waals surface area contributed by atoms with Crippen LogP contribution in [0.1, 0.15) is 16.7 Å². The van der Waals surface area contributed by atoms with E-state index in [-0.39, 0.29) is 0 Å². The van der Waals surface area contributed by atoms with Gasteiger partial charge in [0.05, 0.1) is 7.11 Å². The molecule has 0 saturated carbocycles. The third kappa shape index (κ3) is 5.48. The van der Waals surface area contributed by atoms with E-state index in [0.29, 0.717) is 36.1 Å². The SMILES string of the molecule is COc1cccc(CN[C@H](Cc2c[nH]c3ccccc23)C(=O)O)c1OCc1ccc(Cl)cc1. The van der Waals surface area contributed by atoms with Crippen molar-refractivity contribution in [2.24, 2.45) is 0 Å². The van der Waals surface area contributed by atoms with E-state index >= 15 is 0 Å². The van der Waals surface area contributed by atoms with Gasteiger partial charge in [-0.15, -0.1) is 0 Å². The topological polar surface area (TPSA) is 83.6 Å². The van der Waals surface area contributed by atoms with Crippen LogP contribution >= 0.6 is 11.6 Å². The zero-order chi connectivity index (χ0) is 23.2. The summed E-state index contributed by atoms with van der Waals surface area (Å²) in [5.74, 6) is 0.261. The number of benzene rings is 3. The van der Waals surface area contributed by atoms with Gasteiger partial charge in [0.1, 0.15) is 12.6 Å². The van der Waals surface area contributed by atoms with Crippen molar-refractivity contribution in [1.82, 2.24) is 10.3 Å². The summed E-state index contributed by atoms with van der Waals surface area (Å²) >= 11 is 5.96. The van der Waals surface area contributed by atoms with Gasteiger partial charge in [0.2, 0.25) is 0 Å². The fourth-order valence-electron chi connectivity index (χ4n) is 3.76. The first-order valence-electron chi connectivity index (χ1n) is 10.6. The second-order valence-corrected chi connectivity index (χ2v) is 8.14. The van der Waals surface area contributed by atoms with E-state index in [1.165, 1.54) is 0 Å². The molecule has 0 fully saturated rings. The van der Waals surface area contributed by atoms with Gasteiger partial charge >= 0.3 is 5.97 Å². The van der Waals surface area contributed by atoms with Crippen LogP contribution in [0.15, 0.2) is 72.9 Å². The molecule has 0 aliphatic heterocycles. The molecule has 0 amide bonds. The van der Waals surface area contributed by atoms with Crippen molar-refractivity contribution in [3.05, 3.63) is 94.6 Å². The molecule has 170 valence electrons. The molecular weight excluding hydrogens is 440 g/mol. The number of carboxylic acids is 1. The average Bonchev–Trinajstić information content (AvgIpc) is 3.24. The highest BCUT2D eigenvalue weighted by Gasteiger charge is 2.21. The van der Waals surface area contributed by atoms with E-state index in [4.69, 9.17) is 21.1 Å². The lowest BCUT2D eigenvalue weighted by molar-refractivity contribution is -0.139. The van der Waals surface area contributed by atoms with Crippen molar-refractivity contribution >= 4 is 28.5 Å². The Kier molecular flexibility index (Phi) is 7.17. The highest BCUT2D eigenvalue weighted by molar-refractivity contribution is 6.30. The molecule has 1 atom stereocenters. The molecule has 1 heterocycles. The van der Waals surface area contributed by atoms with Crippen LogP contribution in [0.5, 0.6) is 11.5 Å². The average molecular weight is 465 g/mol. The maximum absolute atomic E-state index is 12.0. The number of H-pyrrole nitrogens is 1. The van der Waals surface area contributed by atoms with Crippen LogP contribution in [-0.2, 0) is 24.4 Å². The van der Waals surface area contributed by atoms with Crippen LogP contribution in [0.25, 0.3) is 10.9 Å². The molecule has 0 saturated heterocycles. The van der Waals surface area contributed by atoms with Gasteiger partial charge in [-0.25, -0.2) is 0 Å². The van der Waals surface area contributed by atoms with Crippen LogP contribution in [0.2, 0.25) is 5.02 Å². The number of fused-ring (bicyclic) bond motifs is 1. The number of hydrogen-bond donors (Lipinski definition) is 3. The second kappa shape index (κ2) is 10.4. The minimum atomic E-state index is -0.910. The fraction of sp³-hybridized carbons (Fsp3) is 0.192. The third-order valence-corrected chi connectivity index (χ3v) is 5.76. The highest BCUT2D eigenvalue weighted by Crippen LogP contribution is 2.32. The van der Waals surface area contributed by atoms with Crippen molar-refractivity contribution in [3.63, 3.8) is 0 Å². The maximum atomic E-state index is 12.0. The van der Waals surface area contributed by atoms with E-state index in [2.05, 4.69) is 10.3 Å². The number of halogens is 1. The van der Waals surface area contributed by atoms with Crippen LogP contribution < -0.4 is 14.8 Å². The third-order valence-electron chi connectivity index (χ3n) is 5.51. The number of aliphatic carboxylic acids is 1. The van der Waals surface area contributed by atoms with E-state index in [1.54, 1.807) is 7.11 Å². The maximum Gasteiger partial charge on any atom is 0.321 e. The Morgan fingerprint density at radius 3 is 2.61 bits per heavy atom. The van der Waals surface area contributed by atoms with Gasteiger partial charge in [-0.05, 0) is 35.4 Å². The summed E-state index contributed by atoms with van der Waals surface area (Å²) in [6.45, 7) is 0.648. The van der Waals surface area contributed by atoms with Gasteiger partial charge in [-0.2, -0.15) is 0 Å². The Hall–Kier alpha value is -3.48. The predicted octanol–water partition coefficient (Wildman–Crippen LogP) is 5.19. The van der Waals surface area contributed by atoms with E-state index < -0.39 is 12.0 Å². The van der Waals surface area contributed by atoms with Crippen LogP contribution in [-0.4, -0.2) is 29.2 Å². The second-order valence-electron chi connectivity index (χ2n) is 7.70. The summed E-state index contributed by atoms with van der Waals surface area (Å²) < 4.78 is 11.6. The zero-order valence-corrected chi connectivity index (χ0v) is 18.9. The minimum absolute atomic E-state index is 0.312. The molecule has 0 spiro atoms.